The van der Waals surface area contributed by atoms with E-state index in [-0.39, 0.29) is 6.04 Å². The Balaban J connectivity index is 4.04. The third kappa shape index (κ3) is 2.46. The lowest BCUT2D eigenvalue weighted by Crippen LogP contribution is -2.33. The molecule has 9 heavy (non-hydrogen) atoms. The van der Waals surface area contributed by atoms with Crippen molar-refractivity contribution >= 4 is 5.97 Å². The van der Waals surface area contributed by atoms with E-state index < -0.39 is 11.4 Å². The van der Waals surface area contributed by atoms with Gasteiger partial charge in [0, 0.05) is 0 Å². The van der Waals surface area contributed by atoms with Crippen molar-refractivity contribution in [1.82, 2.24) is 0 Å². The smallest absolute Gasteiger partial charge is 0.326 e. The number of nitrogens with two attached hydrogens (primary N) is 1. The molecule has 3 heteroatoms. The molecule has 3 N–H and O–H groups in total. The van der Waals surface area contributed by atoms with Crippen LogP contribution >= 0.6 is 0 Å². The van der Waals surface area contributed by atoms with Crippen LogP contribution in [0.3, 0.4) is 0 Å². The zero-order chi connectivity index (χ0) is 7.65. The van der Waals surface area contributed by atoms with Crippen molar-refractivity contribution in [2.24, 2.45) is 11.1 Å². The summed E-state index contributed by atoms with van der Waals surface area (Å²) in [6, 6.07) is 0.00231. The van der Waals surface area contributed by atoms with Crippen LogP contribution in [0.4, 0.5) is 0 Å². The number of carbonyl (C=O) groups is 1. The van der Waals surface area contributed by atoms with Gasteiger partial charge in [0.25, 0.3) is 0 Å². The molecule has 0 unspecified atom stereocenters. The van der Waals surface area contributed by atoms with Crippen LogP contribution in [0.25, 0.3) is 0 Å². The number of aliphatic carboxylic acids is 1. The van der Waals surface area contributed by atoms with Crippen molar-refractivity contribution in [3.05, 3.63) is 6.04 Å². The molecular weight excluding hydrogens is 118 g/mol. The SMILES string of the molecule is CC(C)(C)[C](N)C(=O)O. The highest BCUT2D eigenvalue weighted by molar-refractivity contribution is 5.82. The van der Waals surface area contributed by atoms with E-state index in [4.69, 9.17) is 10.8 Å². The molecule has 0 amide bonds. The fourth-order valence-corrected chi connectivity index (χ4v) is 0.321. The van der Waals surface area contributed by atoms with E-state index in [1.165, 1.54) is 0 Å². The van der Waals surface area contributed by atoms with E-state index in [2.05, 4.69) is 0 Å². The Bertz CT molecular complexity index is 115. The highest BCUT2D eigenvalue weighted by Gasteiger charge is 2.27. The maximum Gasteiger partial charge on any atom is 0.326 e. The number of rotatable bonds is 1. The standard InChI is InChI=1S/C6H12NO2/c1-6(2,3)4(7)5(8)9/h7H2,1-3H3,(H,8,9). The minimum atomic E-state index is -1.03. The largest absolute Gasteiger partial charge is 0.480 e. The molecule has 0 heterocycles. The van der Waals surface area contributed by atoms with Crippen LogP contribution in [0, 0.1) is 11.5 Å². The predicted molar refractivity (Wildman–Crippen MR) is 34.5 cm³/mol. The van der Waals surface area contributed by atoms with Crippen LogP contribution < -0.4 is 5.73 Å². The molecule has 3 nitrogen and oxygen atoms in total. The van der Waals surface area contributed by atoms with Crippen LogP contribution in [-0.2, 0) is 4.79 Å². The zero-order valence-corrected chi connectivity index (χ0v) is 5.93. The van der Waals surface area contributed by atoms with Crippen LogP contribution in [0.5, 0.6) is 0 Å². The summed E-state index contributed by atoms with van der Waals surface area (Å²) < 4.78 is 0. The lowest BCUT2D eigenvalue weighted by Gasteiger charge is -2.21. The fraction of sp³-hybridized carbons (Fsp3) is 0.667. The third-order valence-corrected chi connectivity index (χ3v) is 1.04. The molecule has 0 aromatic carbocycles. The monoisotopic (exact) mass is 130 g/mol. The van der Waals surface area contributed by atoms with E-state index in [0.717, 1.165) is 0 Å². The first-order valence-corrected chi connectivity index (χ1v) is 2.72. The van der Waals surface area contributed by atoms with Gasteiger partial charge in [0.1, 0.15) is 6.04 Å². The van der Waals surface area contributed by atoms with Gasteiger partial charge in [-0.3, -0.25) is 4.79 Å². The topological polar surface area (TPSA) is 63.3 Å². The van der Waals surface area contributed by atoms with E-state index in [1.807, 2.05) is 0 Å². The molecule has 0 saturated carbocycles. The molecule has 0 rings (SSSR count). The Hall–Kier alpha value is -0.570. The predicted octanol–water partition coefficient (Wildman–Crippen LogP) is 0.608. The second-order valence-corrected chi connectivity index (χ2v) is 2.97. The van der Waals surface area contributed by atoms with Crippen molar-refractivity contribution < 1.29 is 9.90 Å². The number of carboxylic acids is 1. The molecule has 0 aliphatic carbocycles. The Morgan fingerprint density at radius 2 is 1.78 bits per heavy atom. The summed E-state index contributed by atoms with van der Waals surface area (Å²) in [5.41, 5.74) is 4.79. The molecule has 0 aliphatic rings. The van der Waals surface area contributed by atoms with Gasteiger partial charge in [-0.15, -0.1) is 0 Å². The number of carboxylic acid groups (broad SMARTS) is 1. The average molecular weight is 130 g/mol. The molecule has 0 aliphatic heterocycles. The second-order valence-electron chi connectivity index (χ2n) is 2.97. The zero-order valence-electron chi connectivity index (χ0n) is 5.93. The van der Waals surface area contributed by atoms with Crippen LogP contribution in [0.1, 0.15) is 20.8 Å². The summed E-state index contributed by atoms with van der Waals surface area (Å²) in [4.78, 5) is 10.2. The van der Waals surface area contributed by atoms with Gasteiger partial charge in [-0.1, -0.05) is 20.8 Å². The fourth-order valence-electron chi connectivity index (χ4n) is 0.321. The van der Waals surface area contributed by atoms with Crippen LogP contribution in [0.15, 0.2) is 0 Å². The molecule has 0 saturated heterocycles. The van der Waals surface area contributed by atoms with Gasteiger partial charge in [0.05, 0.1) is 0 Å². The summed E-state index contributed by atoms with van der Waals surface area (Å²) in [7, 11) is 0. The van der Waals surface area contributed by atoms with E-state index in [1.54, 1.807) is 20.8 Å². The Morgan fingerprint density at radius 3 is 1.78 bits per heavy atom. The van der Waals surface area contributed by atoms with E-state index in [9.17, 15) is 4.79 Å². The molecule has 0 aromatic rings. The number of hydrogen-bond donors (Lipinski definition) is 2. The average Bonchev–Trinajstić information content (AvgIpc) is 1.62. The van der Waals surface area contributed by atoms with Gasteiger partial charge < -0.3 is 10.8 Å². The molecule has 53 valence electrons. The summed E-state index contributed by atoms with van der Waals surface area (Å²) in [5.74, 6) is -1.03. The van der Waals surface area contributed by atoms with Crippen molar-refractivity contribution in [2.45, 2.75) is 20.8 Å². The second kappa shape index (κ2) is 2.35. The molecule has 0 fully saturated rings. The Kier molecular flexibility index (Phi) is 2.20. The lowest BCUT2D eigenvalue weighted by atomic mass is 9.88. The summed E-state index contributed by atoms with van der Waals surface area (Å²) in [5, 5.41) is 8.36. The first-order chi connectivity index (χ1) is 3.85. The normalized spacial score (nSPS) is 12.1. The molecule has 0 atom stereocenters. The Morgan fingerprint density at radius 1 is 1.44 bits per heavy atom. The quantitative estimate of drug-likeness (QED) is 0.546. The maximum atomic E-state index is 10.2. The highest BCUT2D eigenvalue weighted by Crippen LogP contribution is 2.22. The van der Waals surface area contributed by atoms with Crippen LogP contribution in [0.2, 0.25) is 0 Å². The van der Waals surface area contributed by atoms with Gasteiger partial charge in [-0.05, 0) is 5.41 Å². The van der Waals surface area contributed by atoms with Crippen molar-refractivity contribution in [2.75, 3.05) is 0 Å². The lowest BCUT2D eigenvalue weighted by molar-refractivity contribution is -0.136. The minimum Gasteiger partial charge on any atom is -0.480 e. The summed E-state index contributed by atoms with van der Waals surface area (Å²) in [6.45, 7) is 5.28. The summed E-state index contributed by atoms with van der Waals surface area (Å²) >= 11 is 0. The number of hydrogen-bond acceptors (Lipinski definition) is 2. The van der Waals surface area contributed by atoms with E-state index >= 15 is 0 Å². The highest BCUT2D eigenvalue weighted by atomic mass is 16.4. The van der Waals surface area contributed by atoms with Gasteiger partial charge >= 0.3 is 5.97 Å². The van der Waals surface area contributed by atoms with Crippen molar-refractivity contribution in [3.63, 3.8) is 0 Å². The first-order valence-electron chi connectivity index (χ1n) is 2.72. The van der Waals surface area contributed by atoms with Crippen molar-refractivity contribution in [1.29, 1.82) is 0 Å². The van der Waals surface area contributed by atoms with Crippen LogP contribution in [-0.4, -0.2) is 11.1 Å². The molecule has 1 radical (unpaired) electrons. The summed E-state index contributed by atoms with van der Waals surface area (Å²) in [6.07, 6.45) is 0. The van der Waals surface area contributed by atoms with Gasteiger partial charge in [-0.25, -0.2) is 0 Å². The molecule has 0 aromatic heterocycles. The third-order valence-electron chi connectivity index (χ3n) is 1.04. The van der Waals surface area contributed by atoms with Crippen molar-refractivity contribution in [3.8, 4) is 0 Å². The minimum absolute atomic E-state index is 0.00231. The van der Waals surface area contributed by atoms with Gasteiger partial charge in [-0.2, -0.15) is 0 Å². The Labute approximate surface area is 54.9 Å². The molecular formula is C6H12NO2. The van der Waals surface area contributed by atoms with E-state index in [0.29, 0.717) is 0 Å². The molecule has 0 bridgehead atoms. The van der Waals surface area contributed by atoms with Gasteiger partial charge in [0.15, 0.2) is 0 Å². The molecule has 0 spiro atoms. The maximum absolute atomic E-state index is 10.2. The first kappa shape index (κ1) is 8.43. The van der Waals surface area contributed by atoms with Gasteiger partial charge in [0.2, 0.25) is 0 Å².